The smallest absolute Gasteiger partial charge is 0.269 e. The molecule has 0 saturated carbocycles. The number of rotatable bonds is 5. The fraction of sp³-hybridized carbons (Fsp3) is 0.0625. The van der Waals surface area contributed by atoms with Gasteiger partial charge in [0, 0.05) is 23.1 Å². The fourth-order valence-electron chi connectivity index (χ4n) is 1.80. The van der Waals surface area contributed by atoms with Crippen LogP contribution in [-0.4, -0.2) is 19.1 Å². The van der Waals surface area contributed by atoms with Crippen LogP contribution in [0.3, 0.4) is 0 Å². The molecule has 6 nitrogen and oxygen atoms in total. The van der Waals surface area contributed by atoms with Crippen molar-refractivity contribution < 1.29 is 18.1 Å². The van der Waals surface area contributed by atoms with Crippen molar-refractivity contribution in [3.05, 3.63) is 81.3 Å². The molecule has 2 aromatic carbocycles. The zero-order valence-corrected chi connectivity index (χ0v) is 13.0. The lowest BCUT2D eigenvalue weighted by Crippen LogP contribution is -2.00. The summed E-state index contributed by atoms with van der Waals surface area (Å²) >= 11 is 0. The maximum Gasteiger partial charge on any atom is 0.269 e. The van der Waals surface area contributed by atoms with E-state index in [-0.39, 0.29) is 16.1 Å². The molecule has 0 N–H and O–H groups in total. The maximum absolute atomic E-state index is 12.1. The van der Waals surface area contributed by atoms with Crippen LogP contribution in [0.15, 0.2) is 64.9 Å². The molecule has 0 atom stereocenters. The third-order valence-corrected chi connectivity index (χ3v) is 4.53. The molecule has 0 unspecified atom stereocenters. The van der Waals surface area contributed by atoms with Gasteiger partial charge >= 0.3 is 0 Å². The Labute approximate surface area is 133 Å². The molecule has 0 amide bonds. The van der Waals surface area contributed by atoms with Crippen molar-refractivity contribution in [3.8, 4) is 0 Å². The zero-order valence-electron chi connectivity index (χ0n) is 12.2. The van der Waals surface area contributed by atoms with E-state index in [1.54, 1.807) is 12.1 Å². The molecular weight excluding hydrogens is 318 g/mol. The molecule has 118 valence electrons. The third kappa shape index (κ3) is 4.10. The molecule has 23 heavy (non-hydrogen) atoms. The van der Waals surface area contributed by atoms with Crippen molar-refractivity contribution in [2.45, 2.75) is 11.8 Å². The van der Waals surface area contributed by atoms with Crippen molar-refractivity contribution in [2.24, 2.45) is 0 Å². The molecule has 0 fully saturated rings. The first-order valence-corrected chi connectivity index (χ1v) is 8.13. The van der Waals surface area contributed by atoms with Gasteiger partial charge in [-0.15, -0.1) is 0 Å². The van der Waals surface area contributed by atoms with Crippen LogP contribution in [0.4, 0.5) is 5.69 Å². The standard InChI is InChI=1S/C16H13NO5S/c1-12-2-8-15(9-3-12)23(21,22)11-10-16(18)13-4-6-14(7-5-13)17(19)20/h2-11H,1H3/b11-10+. The molecule has 2 rings (SSSR count). The van der Waals surface area contributed by atoms with Gasteiger partial charge in [0.1, 0.15) is 0 Å². The Bertz CT molecular complexity index is 866. The first kappa shape index (κ1) is 16.6. The number of carbonyl (C=O) groups is 1. The van der Waals surface area contributed by atoms with Crippen LogP contribution < -0.4 is 0 Å². The predicted octanol–water partition coefficient (Wildman–Crippen LogP) is 3.07. The second-order valence-electron chi connectivity index (χ2n) is 4.83. The number of hydrogen-bond donors (Lipinski definition) is 0. The van der Waals surface area contributed by atoms with Gasteiger partial charge in [0.25, 0.3) is 5.69 Å². The van der Waals surface area contributed by atoms with E-state index in [0.29, 0.717) is 0 Å². The summed E-state index contributed by atoms with van der Waals surface area (Å²) in [5, 5.41) is 11.4. The summed E-state index contributed by atoms with van der Waals surface area (Å²) in [7, 11) is -3.71. The Hall–Kier alpha value is -2.80. The summed E-state index contributed by atoms with van der Waals surface area (Å²) in [6.07, 6.45) is 0.941. The van der Waals surface area contributed by atoms with Gasteiger partial charge in [-0.2, -0.15) is 0 Å². The largest absolute Gasteiger partial charge is 0.289 e. The lowest BCUT2D eigenvalue weighted by molar-refractivity contribution is -0.384. The van der Waals surface area contributed by atoms with E-state index in [4.69, 9.17) is 0 Å². The Morgan fingerprint density at radius 3 is 2.13 bits per heavy atom. The van der Waals surface area contributed by atoms with Crippen LogP contribution >= 0.6 is 0 Å². The lowest BCUT2D eigenvalue weighted by atomic mass is 10.1. The van der Waals surface area contributed by atoms with Crippen LogP contribution in [0.2, 0.25) is 0 Å². The van der Waals surface area contributed by atoms with Gasteiger partial charge in [-0.25, -0.2) is 8.42 Å². The molecule has 0 aromatic heterocycles. The van der Waals surface area contributed by atoms with Crippen LogP contribution in [0.5, 0.6) is 0 Å². The number of sulfone groups is 1. The molecule has 0 aliphatic rings. The summed E-state index contributed by atoms with van der Waals surface area (Å²) < 4.78 is 24.2. The Morgan fingerprint density at radius 1 is 1.04 bits per heavy atom. The average molecular weight is 331 g/mol. The lowest BCUT2D eigenvalue weighted by Gasteiger charge is -2.00. The minimum Gasteiger partial charge on any atom is -0.289 e. The Balaban J connectivity index is 2.19. The molecule has 0 heterocycles. The van der Waals surface area contributed by atoms with E-state index in [1.165, 1.54) is 36.4 Å². The van der Waals surface area contributed by atoms with Crippen LogP contribution in [0.25, 0.3) is 0 Å². The van der Waals surface area contributed by atoms with Crippen LogP contribution in [0, 0.1) is 17.0 Å². The van der Waals surface area contributed by atoms with Gasteiger partial charge in [-0.1, -0.05) is 17.7 Å². The second-order valence-corrected chi connectivity index (χ2v) is 6.66. The molecular formula is C16H13NO5S. The number of nitro benzene ring substituents is 1. The molecule has 0 saturated heterocycles. The number of non-ortho nitro benzene ring substituents is 1. The van der Waals surface area contributed by atoms with Crippen molar-refractivity contribution >= 4 is 21.3 Å². The summed E-state index contributed by atoms with van der Waals surface area (Å²) in [5.74, 6) is -0.546. The number of benzene rings is 2. The minimum atomic E-state index is -3.71. The summed E-state index contributed by atoms with van der Waals surface area (Å²) in [5.41, 5.74) is 0.957. The Kier molecular flexibility index (Phi) is 4.71. The first-order valence-electron chi connectivity index (χ1n) is 6.58. The summed E-state index contributed by atoms with van der Waals surface area (Å²) in [6, 6.07) is 11.2. The van der Waals surface area contributed by atoms with Gasteiger partial charge in [-0.3, -0.25) is 14.9 Å². The van der Waals surface area contributed by atoms with E-state index in [1.807, 2.05) is 6.92 Å². The van der Waals surface area contributed by atoms with E-state index in [9.17, 15) is 23.3 Å². The molecule has 2 aromatic rings. The van der Waals surface area contributed by atoms with Crippen LogP contribution in [-0.2, 0) is 9.84 Å². The second kappa shape index (κ2) is 6.53. The highest BCUT2D eigenvalue weighted by molar-refractivity contribution is 7.94. The average Bonchev–Trinajstić information content (AvgIpc) is 2.53. The normalized spacial score (nSPS) is 11.5. The molecule has 0 radical (unpaired) electrons. The van der Waals surface area contributed by atoms with E-state index in [2.05, 4.69) is 0 Å². The number of carbonyl (C=O) groups excluding carboxylic acids is 1. The number of aryl methyl sites for hydroxylation is 1. The predicted molar refractivity (Wildman–Crippen MR) is 84.9 cm³/mol. The monoisotopic (exact) mass is 331 g/mol. The molecule has 0 aliphatic heterocycles. The third-order valence-electron chi connectivity index (χ3n) is 3.11. The first-order chi connectivity index (χ1) is 10.8. The van der Waals surface area contributed by atoms with Gasteiger partial charge in [-0.05, 0) is 37.3 Å². The fourth-order valence-corrected chi connectivity index (χ4v) is 2.78. The number of ketones is 1. The number of nitrogens with zero attached hydrogens (tertiary/aromatic N) is 1. The molecule has 0 bridgehead atoms. The van der Waals surface area contributed by atoms with Crippen molar-refractivity contribution in [2.75, 3.05) is 0 Å². The highest BCUT2D eigenvalue weighted by Gasteiger charge is 2.12. The zero-order chi connectivity index (χ0) is 17.0. The topological polar surface area (TPSA) is 94.3 Å². The molecule has 0 aliphatic carbocycles. The van der Waals surface area contributed by atoms with Gasteiger partial charge in [0.05, 0.1) is 9.82 Å². The van der Waals surface area contributed by atoms with Crippen molar-refractivity contribution in [3.63, 3.8) is 0 Å². The number of nitro groups is 1. The van der Waals surface area contributed by atoms with Crippen LogP contribution in [0.1, 0.15) is 15.9 Å². The van der Waals surface area contributed by atoms with Gasteiger partial charge in [0.15, 0.2) is 15.6 Å². The van der Waals surface area contributed by atoms with Gasteiger partial charge in [0.2, 0.25) is 0 Å². The number of hydrogen-bond acceptors (Lipinski definition) is 5. The quantitative estimate of drug-likeness (QED) is 0.363. The van der Waals surface area contributed by atoms with E-state index < -0.39 is 20.5 Å². The number of allylic oxidation sites excluding steroid dienone is 1. The molecule has 0 spiro atoms. The van der Waals surface area contributed by atoms with Crippen molar-refractivity contribution in [1.82, 2.24) is 0 Å². The van der Waals surface area contributed by atoms with Gasteiger partial charge < -0.3 is 0 Å². The van der Waals surface area contributed by atoms with E-state index in [0.717, 1.165) is 17.0 Å². The Morgan fingerprint density at radius 2 is 1.61 bits per heavy atom. The summed E-state index contributed by atoms with van der Waals surface area (Å²) in [6.45, 7) is 1.84. The SMILES string of the molecule is Cc1ccc(S(=O)(=O)/C=C/C(=O)c2ccc([N+](=O)[O-])cc2)cc1. The van der Waals surface area contributed by atoms with E-state index >= 15 is 0 Å². The maximum atomic E-state index is 12.1. The van der Waals surface area contributed by atoms with Crippen molar-refractivity contribution in [1.29, 1.82) is 0 Å². The highest BCUT2D eigenvalue weighted by atomic mass is 32.2. The highest BCUT2D eigenvalue weighted by Crippen LogP contribution is 2.15. The minimum absolute atomic E-state index is 0.0934. The summed E-state index contributed by atoms with van der Waals surface area (Å²) in [4.78, 5) is 22.0. The molecule has 7 heteroatoms.